The number of anilines is 1. The van der Waals surface area contributed by atoms with E-state index in [2.05, 4.69) is 10.3 Å². The van der Waals surface area contributed by atoms with Gasteiger partial charge in [-0.3, -0.25) is 4.79 Å². The molecule has 3 rings (SSSR count). The number of nitrogens with zero attached hydrogens (tertiary/aromatic N) is 1. The molecule has 7 heteroatoms. The second-order valence-corrected chi connectivity index (χ2v) is 5.84. The first-order chi connectivity index (χ1) is 10.7. The van der Waals surface area contributed by atoms with E-state index in [9.17, 15) is 4.79 Å². The number of carbonyl (C=O) groups excluding carboxylic acids is 1. The van der Waals surface area contributed by atoms with Gasteiger partial charge in [0.25, 0.3) is 0 Å². The fourth-order valence-electron chi connectivity index (χ4n) is 2.95. The molecule has 1 heterocycles. The van der Waals surface area contributed by atoms with Crippen molar-refractivity contribution in [3.05, 3.63) is 24.1 Å². The minimum absolute atomic E-state index is 0. The standard InChI is InChI=1S/C16H21N3O3.ClH/c1-21-9-15-19-13-8-12(5-6-14(13)22-15)18-16(20)10-3-2-4-11(17)7-10;/h5-6,8,10-11H,2-4,7,9,17H2,1H3,(H,18,20);1H. The normalized spacial score (nSPS) is 21.0. The van der Waals surface area contributed by atoms with Gasteiger partial charge in [0.2, 0.25) is 11.8 Å². The maximum atomic E-state index is 12.3. The number of aromatic nitrogens is 1. The SMILES string of the molecule is COCc1nc2cc(NC(=O)C3CCCC(N)C3)ccc2o1.Cl. The number of ether oxygens (including phenoxy) is 1. The first kappa shape index (κ1) is 17.7. The Bertz CT molecular complexity index is 674. The summed E-state index contributed by atoms with van der Waals surface area (Å²) < 4.78 is 10.5. The van der Waals surface area contributed by atoms with Crippen molar-refractivity contribution >= 4 is 35.1 Å². The molecule has 0 spiro atoms. The summed E-state index contributed by atoms with van der Waals surface area (Å²) in [5, 5.41) is 2.96. The van der Waals surface area contributed by atoms with Gasteiger partial charge in [0.05, 0.1) is 0 Å². The summed E-state index contributed by atoms with van der Waals surface area (Å²) in [5.41, 5.74) is 8.08. The van der Waals surface area contributed by atoms with Crippen molar-refractivity contribution in [3.63, 3.8) is 0 Å². The average Bonchev–Trinajstić information content (AvgIpc) is 2.89. The summed E-state index contributed by atoms with van der Waals surface area (Å²) in [6.07, 6.45) is 3.69. The lowest BCUT2D eigenvalue weighted by Crippen LogP contribution is -2.34. The summed E-state index contributed by atoms with van der Waals surface area (Å²) in [4.78, 5) is 16.7. The third-order valence-electron chi connectivity index (χ3n) is 4.05. The molecule has 23 heavy (non-hydrogen) atoms. The first-order valence-corrected chi connectivity index (χ1v) is 7.60. The number of benzene rings is 1. The number of rotatable bonds is 4. The average molecular weight is 340 g/mol. The van der Waals surface area contributed by atoms with Crippen LogP contribution in [0.25, 0.3) is 11.1 Å². The van der Waals surface area contributed by atoms with Crippen LogP contribution in [0.3, 0.4) is 0 Å². The molecule has 2 atom stereocenters. The van der Waals surface area contributed by atoms with Gasteiger partial charge in [0.15, 0.2) is 5.58 Å². The molecule has 1 amide bonds. The lowest BCUT2D eigenvalue weighted by atomic mass is 9.85. The van der Waals surface area contributed by atoms with E-state index < -0.39 is 0 Å². The Morgan fingerprint density at radius 2 is 2.30 bits per heavy atom. The lowest BCUT2D eigenvalue weighted by molar-refractivity contribution is -0.120. The van der Waals surface area contributed by atoms with Crippen LogP contribution < -0.4 is 11.1 Å². The summed E-state index contributed by atoms with van der Waals surface area (Å²) in [6.45, 7) is 0.330. The van der Waals surface area contributed by atoms with Crippen LogP contribution in [0.2, 0.25) is 0 Å². The number of halogens is 1. The molecule has 126 valence electrons. The summed E-state index contributed by atoms with van der Waals surface area (Å²) >= 11 is 0. The van der Waals surface area contributed by atoms with Gasteiger partial charge in [-0.1, -0.05) is 6.42 Å². The molecular weight excluding hydrogens is 318 g/mol. The molecule has 2 aromatic rings. The van der Waals surface area contributed by atoms with Crippen molar-refractivity contribution < 1.29 is 13.9 Å². The highest BCUT2D eigenvalue weighted by molar-refractivity contribution is 5.94. The third kappa shape index (κ3) is 4.22. The summed E-state index contributed by atoms with van der Waals surface area (Å²) in [5.74, 6) is 0.565. The number of carbonyl (C=O) groups is 1. The zero-order valence-electron chi connectivity index (χ0n) is 13.1. The van der Waals surface area contributed by atoms with E-state index in [1.54, 1.807) is 7.11 Å². The number of nitrogens with one attached hydrogen (secondary N) is 1. The number of amides is 1. The maximum Gasteiger partial charge on any atom is 0.227 e. The third-order valence-corrected chi connectivity index (χ3v) is 4.05. The van der Waals surface area contributed by atoms with Crippen molar-refractivity contribution in [1.82, 2.24) is 4.98 Å². The van der Waals surface area contributed by atoms with Crippen LogP contribution in [0.4, 0.5) is 5.69 Å². The summed E-state index contributed by atoms with van der Waals surface area (Å²) in [7, 11) is 1.59. The van der Waals surface area contributed by atoms with Gasteiger partial charge in [-0.05, 0) is 37.5 Å². The van der Waals surface area contributed by atoms with Gasteiger partial charge in [-0.2, -0.15) is 0 Å². The van der Waals surface area contributed by atoms with E-state index in [-0.39, 0.29) is 30.3 Å². The Balaban J connectivity index is 0.00000192. The predicted octanol–water partition coefficient (Wildman–Crippen LogP) is 2.85. The van der Waals surface area contributed by atoms with E-state index in [4.69, 9.17) is 14.9 Å². The molecule has 1 aliphatic carbocycles. The van der Waals surface area contributed by atoms with Crippen LogP contribution in [0.15, 0.2) is 22.6 Å². The predicted molar refractivity (Wildman–Crippen MR) is 90.5 cm³/mol. The van der Waals surface area contributed by atoms with Crippen LogP contribution in [-0.2, 0) is 16.1 Å². The van der Waals surface area contributed by atoms with Gasteiger partial charge in [0.1, 0.15) is 12.1 Å². The van der Waals surface area contributed by atoms with E-state index in [0.717, 1.165) is 31.4 Å². The molecule has 1 fully saturated rings. The van der Waals surface area contributed by atoms with E-state index in [1.807, 2.05) is 18.2 Å². The second-order valence-electron chi connectivity index (χ2n) is 5.84. The number of oxazole rings is 1. The van der Waals surface area contributed by atoms with Gasteiger partial charge in [-0.25, -0.2) is 4.98 Å². The zero-order chi connectivity index (χ0) is 15.5. The number of hydrogen-bond donors (Lipinski definition) is 2. The van der Waals surface area contributed by atoms with Gasteiger partial charge < -0.3 is 20.2 Å². The van der Waals surface area contributed by atoms with E-state index in [1.165, 1.54) is 0 Å². The Hall–Kier alpha value is -1.63. The smallest absolute Gasteiger partial charge is 0.227 e. The minimum Gasteiger partial charge on any atom is -0.438 e. The quantitative estimate of drug-likeness (QED) is 0.893. The molecule has 2 unspecified atom stereocenters. The zero-order valence-corrected chi connectivity index (χ0v) is 13.9. The summed E-state index contributed by atoms with van der Waals surface area (Å²) in [6, 6.07) is 5.59. The van der Waals surface area contributed by atoms with Crippen LogP contribution in [-0.4, -0.2) is 24.0 Å². The van der Waals surface area contributed by atoms with Crippen molar-refractivity contribution in [2.75, 3.05) is 12.4 Å². The van der Waals surface area contributed by atoms with E-state index in [0.29, 0.717) is 23.6 Å². The number of hydrogen-bond acceptors (Lipinski definition) is 5. The number of nitrogens with two attached hydrogens (primary N) is 1. The molecular formula is C16H22ClN3O3. The van der Waals surface area contributed by atoms with Gasteiger partial charge in [-0.15, -0.1) is 12.4 Å². The maximum absolute atomic E-state index is 12.3. The van der Waals surface area contributed by atoms with Crippen molar-refractivity contribution in [2.45, 2.75) is 38.3 Å². The molecule has 3 N–H and O–H groups in total. The molecule has 0 aliphatic heterocycles. The number of fused-ring (bicyclic) bond motifs is 1. The Labute approximate surface area is 141 Å². The fraction of sp³-hybridized carbons (Fsp3) is 0.500. The van der Waals surface area contributed by atoms with E-state index >= 15 is 0 Å². The van der Waals surface area contributed by atoms with Crippen LogP contribution in [0, 0.1) is 5.92 Å². The topological polar surface area (TPSA) is 90.4 Å². The second kappa shape index (κ2) is 7.77. The lowest BCUT2D eigenvalue weighted by Gasteiger charge is -2.25. The van der Waals surface area contributed by atoms with Crippen molar-refractivity contribution in [3.8, 4) is 0 Å². The molecule has 1 aromatic heterocycles. The highest BCUT2D eigenvalue weighted by Gasteiger charge is 2.25. The molecule has 1 aliphatic rings. The molecule has 6 nitrogen and oxygen atoms in total. The Morgan fingerprint density at radius 1 is 1.48 bits per heavy atom. The van der Waals surface area contributed by atoms with Crippen LogP contribution in [0.5, 0.6) is 0 Å². The highest BCUT2D eigenvalue weighted by atomic mass is 35.5. The van der Waals surface area contributed by atoms with Crippen LogP contribution >= 0.6 is 12.4 Å². The Morgan fingerprint density at radius 3 is 3.04 bits per heavy atom. The molecule has 0 saturated heterocycles. The van der Waals surface area contributed by atoms with Gasteiger partial charge >= 0.3 is 0 Å². The highest BCUT2D eigenvalue weighted by Crippen LogP contribution is 2.26. The largest absolute Gasteiger partial charge is 0.438 e. The molecule has 1 aromatic carbocycles. The monoisotopic (exact) mass is 339 g/mol. The van der Waals surface area contributed by atoms with Crippen LogP contribution in [0.1, 0.15) is 31.6 Å². The van der Waals surface area contributed by atoms with Crippen molar-refractivity contribution in [1.29, 1.82) is 0 Å². The minimum atomic E-state index is 0. The van der Waals surface area contributed by atoms with Crippen molar-refractivity contribution in [2.24, 2.45) is 11.7 Å². The molecule has 0 bridgehead atoms. The number of methoxy groups -OCH3 is 1. The fourth-order valence-corrected chi connectivity index (χ4v) is 2.95. The first-order valence-electron chi connectivity index (χ1n) is 7.60. The molecule has 0 radical (unpaired) electrons. The van der Waals surface area contributed by atoms with Gasteiger partial charge in [0, 0.05) is 24.8 Å². The molecule has 1 saturated carbocycles. The Kier molecular flexibility index (Phi) is 5.98.